The van der Waals surface area contributed by atoms with E-state index >= 15 is 0 Å². The first-order valence-corrected chi connectivity index (χ1v) is 17.3. The molecule has 5 nitrogen and oxygen atoms in total. The molecule has 2 aliphatic rings. The van der Waals surface area contributed by atoms with Gasteiger partial charge in [0.1, 0.15) is 11.8 Å². The van der Waals surface area contributed by atoms with E-state index in [0.717, 1.165) is 46.4 Å². The molecule has 7 aromatic rings. The first kappa shape index (κ1) is 29.9. The number of benzene rings is 5. The third-order valence-corrected chi connectivity index (χ3v) is 10.4. The fraction of sp³-hybridized carbons (Fsp3) is 0.133. The summed E-state index contributed by atoms with van der Waals surface area (Å²) >= 11 is 0. The molecule has 50 heavy (non-hydrogen) atoms. The summed E-state index contributed by atoms with van der Waals surface area (Å²) in [6.07, 6.45) is 5.93. The van der Waals surface area contributed by atoms with E-state index in [-0.39, 0.29) is 5.41 Å². The van der Waals surface area contributed by atoms with Crippen molar-refractivity contribution < 1.29 is 0 Å². The molecule has 0 bridgehead atoms. The molecule has 5 heteroatoms. The minimum Gasteiger partial charge on any atom is -0.237 e. The third-order valence-electron chi connectivity index (χ3n) is 10.4. The van der Waals surface area contributed by atoms with Crippen molar-refractivity contribution in [2.24, 2.45) is 0 Å². The van der Waals surface area contributed by atoms with Crippen molar-refractivity contribution in [2.45, 2.75) is 37.5 Å². The van der Waals surface area contributed by atoms with Gasteiger partial charge in [-0.3, -0.25) is 0 Å². The van der Waals surface area contributed by atoms with Crippen LogP contribution in [-0.4, -0.2) is 19.9 Å². The summed E-state index contributed by atoms with van der Waals surface area (Å²) in [4.78, 5) is 19.5. The zero-order chi connectivity index (χ0) is 33.5. The molecule has 0 saturated heterocycles. The van der Waals surface area contributed by atoms with Gasteiger partial charge in [0, 0.05) is 27.7 Å². The molecule has 1 fully saturated rings. The van der Waals surface area contributed by atoms with Gasteiger partial charge in [0.05, 0.1) is 5.69 Å². The summed E-state index contributed by atoms with van der Waals surface area (Å²) in [5, 5.41) is 9.48. The van der Waals surface area contributed by atoms with Gasteiger partial charge in [0.15, 0.2) is 17.5 Å². The van der Waals surface area contributed by atoms with Crippen LogP contribution in [0.3, 0.4) is 0 Å². The summed E-state index contributed by atoms with van der Waals surface area (Å²) < 4.78 is 0. The standard InChI is InChI=1S/C45H33N5/c46-29-36-18-11-19-41(47-36)34-21-23-38-37-22-20-33(27-39(37)45(40(38)28-34)24-8-3-9-25-45)32-16-10-17-35(26-32)44-49-42(30-12-4-1-5-13-30)48-43(50-44)31-14-6-2-7-15-31/h1-2,4-7,10-23,26-28H,3,8-9,24-25H2. The molecule has 0 radical (unpaired) electrons. The predicted molar refractivity (Wildman–Crippen MR) is 199 cm³/mol. The average molecular weight is 644 g/mol. The summed E-state index contributed by atoms with van der Waals surface area (Å²) in [7, 11) is 0. The SMILES string of the molecule is N#Cc1cccc(-c2ccc3c(c2)C2(CCCCC2)c2cc(-c4cccc(-c5nc(-c6ccccc6)nc(-c6ccccc6)n5)c4)ccc2-3)n1. The second-order valence-corrected chi connectivity index (χ2v) is 13.3. The van der Waals surface area contributed by atoms with E-state index in [1.165, 1.54) is 47.1 Å². The highest BCUT2D eigenvalue weighted by atomic mass is 15.0. The van der Waals surface area contributed by atoms with E-state index in [1.807, 2.05) is 72.8 Å². The van der Waals surface area contributed by atoms with Crippen molar-refractivity contribution in [1.82, 2.24) is 19.9 Å². The Hall–Kier alpha value is -6.25. The fourth-order valence-corrected chi connectivity index (χ4v) is 7.96. The molecular weight excluding hydrogens is 611 g/mol. The van der Waals surface area contributed by atoms with Crippen LogP contribution in [0.1, 0.15) is 48.9 Å². The highest BCUT2D eigenvalue weighted by Crippen LogP contribution is 2.57. The highest BCUT2D eigenvalue weighted by Gasteiger charge is 2.44. The van der Waals surface area contributed by atoms with Gasteiger partial charge in [-0.1, -0.05) is 128 Å². The van der Waals surface area contributed by atoms with Crippen LogP contribution in [0, 0.1) is 11.3 Å². The lowest BCUT2D eigenvalue weighted by atomic mass is 9.67. The minimum absolute atomic E-state index is 0.0389. The Morgan fingerprint density at radius 2 is 0.960 bits per heavy atom. The molecule has 238 valence electrons. The summed E-state index contributed by atoms with van der Waals surface area (Å²) in [5.74, 6) is 1.96. The molecule has 0 aliphatic heterocycles. The second-order valence-electron chi connectivity index (χ2n) is 13.3. The van der Waals surface area contributed by atoms with Crippen LogP contribution in [0.15, 0.2) is 140 Å². The van der Waals surface area contributed by atoms with Gasteiger partial charge in [-0.2, -0.15) is 5.26 Å². The van der Waals surface area contributed by atoms with Crippen molar-refractivity contribution in [3.8, 4) is 73.7 Å². The van der Waals surface area contributed by atoms with Gasteiger partial charge >= 0.3 is 0 Å². The maximum atomic E-state index is 9.48. The van der Waals surface area contributed by atoms with Crippen molar-refractivity contribution in [1.29, 1.82) is 5.26 Å². The molecule has 0 N–H and O–H groups in total. The molecule has 2 aliphatic carbocycles. The molecular formula is C45H33N5. The van der Waals surface area contributed by atoms with Crippen LogP contribution in [0.25, 0.3) is 67.7 Å². The number of hydrogen-bond donors (Lipinski definition) is 0. The predicted octanol–water partition coefficient (Wildman–Crippen LogP) is 10.7. The van der Waals surface area contributed by atoms with Gasteiger partial charge in [-0.05, 0) is 76.6 Å². The number of nitriles is 1. The van der Waals surface area contributed by atoms with Gasteiger partial charge in [0.25, 0.3) is 0 Å². The van der Waals surface area contributed by atoms with Gasteiger partial charge in [-0.15, -0.1) is 0 Å². The second kappa shape index (κ2) is 12.3. The number of hydrogen-bond acceptors (Lipinski definition) is 5. The maximum absolute atomic E-state index is 9.48. The van der Waals surface area contributed by atoms with Crippen molar-refractivity contribution in [3.05, 3.63) is 156 Å². The van der Waals surface area contributed by atoms with Crippen LogP contribution in [0.5, 0.6) is 0 Å². The maximum Gasteiger partial charge on any atom is 0.164 e. The molecule has 1 saturated carbocycles. The molecule has 2 aromatic heterocycles. The molecule has 0 atom stereocenters. The van der Waals surface area contributed by atoms with E-state index in [0.29, 0.717) is 23.2 Å². The number of pyridine rings is 1. The number of rotatable bonds is 5. The first-order valence-electron chi connectivity index (χ1n) is 17.3. The normalized spacial score (nSPS) is 14.1. The molecule has 1 spiro atoms. The van der Waals surface area contributed by atoms with Gasteiger partial charge in [0.2, 0.25) is 0 Å². The minimum atomic E-state index is -0.0389. The number of nitrogens with zero attached hydrogens (tertiary/aromatic N) is 5. The lowest BCUT2D eigenvalue weighted by Crippen LogP contribution is -2.28. The monoisotopic (exact) mass is 643 g/mol. The first-order chi connectivity index (χ1) is 24.7. The molecule has 2 heterocycles. The van der Waals surface area contributed by atoms with Crippen LogP contribution in [-0.2, 0) is 5.41 Å². The Kier molecular flexibility index (Phi) is 7.36. The van der Waals surface area contributed by atoms with Crippen LogP contribution >= 0.6 is 0 Å². The Morgan fingerprint density at radius 3 is 1.60 bits per heavy atom. The van der Waals surface area contributed by atoms with Gasteiger partial charge < -0.3 is 0 Å². The Morgan fingerprint density at radius 1 is 0.440 bits per heavy atom. The van der Waals surface area contributed by atoms with Crippen LogP contribution in [0.4, 0.5) is 0 Å². The van der Waals surface area contributed by atoms with Crippen molar-refractivity contribution in [3.63, 3.8) is 0 Å². The van der Waals surface area contributed by atoms with Crippen molar-refractivity contribution in [2.75, 3.05) is 0 Å². The molecule has 5 aromatic carbocycles. The Labute approximate surface area is 292 Å². The molecule has 0 amide bonds. The van der Waals surface area contributed by atoms with Crippen LogP contribution < -0.4 is 0 Å². The highest BCUT2D eigenvalue weighted by molar-refractivity contribution is 5.86. The van der Waals surface area contributed by atoms with Crippen molar-refractivity contribution >= 4 is 0 Å². The van der Waals surface area contributed by atoms with E-state index in [1.54, 1.807) is 6.07 Å². The quantitative estimate of drug-likeness (QED) is 0.187. The van der Waals surface area contributed by atoms with E-state index in [2.05, 4.69) is 71.7 Å². The molecule has 9 rings (SSSR count). The number of fused-ring (bicyclic) bond motifs is 5. The summed E-state index contributed by atoms with van der Waals surface area (Å²) in [6.45, 7) is 0. The van der Waals surface area contributed by atoms with E-state index < -0.39 is 0 Å². The Bertz CT molecular complexity index is 2360. The Balaban J connectivity index is 1.13. The zero-order valence-electron chi connectivity index (χ0n) is 27.6. The lowest BCUT2D eigenvalue weighted by molar-refractivity contribution is 0.353. The fourth-order valence-electron chi connectivity index (χ4n) is 7.96. The summed E-state index contributed by atoms with van der Waals surface area (Å²) in [5.41, 5.74) is 12.9. The van der Waals surface area contributed by atoms with Crippen LogP contribution in [0.2, 0.25) is 0 Å². The third kappa shape index (κ3) is 5.17. The average Bonchev–Trinajstić information content (AvgIpc) is 3.46. The smallest absolute Gasteiger partial charge is 0.164 e. The van der Waals surface area contributed by atoms with E-state index in [9.17, 15) is 5.26 Å². The summed E-state index contributed by atoms with van der Waals surface area (Å²) in [6, 6.07) is 50.5. The lowest BCUT2D eigenvalue weighted by Gasteiger charge is -2.36. The largest absolute Gasteiger partial charge is 0.237 e. The zero-order valence-corrected chi connectivity index (χ0v) is 27.6. The van der Waals surface area contributed by atoms with E-state index in [4.69, 9.17) is 15.0 Å². The molecule has 0 unspecified atom stereocenters. The van der Waals surface area contributed by atoms with Gasteiger partial charge in [-0.25, -0.2) is 19.9 Å². The number of aromatic nitrogens is 4. The topological polar surface area (TPSA) is 75.3 Å².